The summed E-state index contributed by atoms with van der Waals surface area (Å²) >= 11 is 3.51. The first-order valence-electron chi connectivity index (χ1n) is 5.75. The van der Waals surface area contributed by atoms with E-state index in [4.69, 9.17) is 0 Å². The van der Waals surface area contributed by atoms with Gasteiger partial charge in [0.15, 0.2) is 0 Å². The third-order valence-electron chi connectivity index (χ3n) is 3.29. The van der Waals surface area contributed by atoms with Gasteiger partial charge in [-0.3, -0.25) is 4.98 Å². The van der Waals surface area contributed by atoms with Gasteiger partial charge in [-0.25, -0.2) is 0 Å². The number of halogens is 1. The van der Waals surface area contributed by atoms with Crippen molar-refractivity contribution in [2.45, 2.75) is 25.4 Å². The van der Waals surface area contributed by atoms with Crippen LogP contribution in [0, 0.1) is 0 Å². The van der Waals surface area contributed by atoms with Crippen molar-refractivity contribution in [3.05, 3.63) is 46.5 Å². The fraction of sp³-hybridized carbons (Fsp3) is 0.308. The third kappa shape index (κ3) is 1.81. The van der Waals surface area contributed by atoms with Crippen LogP contribution >= 0.6 is 15.9 Å². The zero-order valence-electron chi connectivity index (χ0n) is 9.31. The predicted octanol–water partition coefficient (Wildman–Crippen LogP) is 3.00. The molecule has 2 aromatic rings. The van der Waals surface area contributed by atoms with E-state index in [-0.39, 0.29) is 6.10 Å². The highest BCUT2D eigenvalue weighted by Gasteiger charge is 2.22. The van der Waals surface area contributed by atoms with Crippen LogP contribution in [0.2, 0.25) is 0 Å². The SMILES string of the molecule is OC1CCCc2c1ccn2-c1ccncc1Br. The molecule has 1 unspecified atom stereocenters. The van der Waals surface area contributed by atoms with Gasteiger partial charge in [0, 0.05) is 29.8 Å². The number of fused-ring (bicyclic) bond motifs is 1. The number of aromatic nitrogens is 2. The summed E-state index contributed by atoms with van der Waals surface area (Å²) in [5.41, 5.74) is 3.37. The van der Waals surface area contributed by atoms with Gasteiger partial charge in [0.25, 0.3) is 0 Å². The van der Waals surface area contributed by atoms with E-state index >= 15 is 0 Å². The second kappa shape index (κ2) is 4.27. The Hall–Kier alpha value is -1.13. The fourth-order valence-corrected chi connectivity index (χ4v) is 2.90. The molecular formula is C13H13BrN2O. The Morgan fingerprint density at radius 1 is 1.41 bits per heavy atom. The molecule has 3 nitrogen and oxygen atoms in total. The molecular weight excluding hydrogens is 280 g/mol. The van der Waals surface area contributed by atoms with E-state index in [1.807, 2.05) is 18.3 Å². The first-order chi connectivity index (χ1) is 8.27. The second-order valence-corrected chi connectivity index (χ2v) is 5.18. The van der Waals surface area contributed by atoms with Gasteiger partial charge in [-0.1, -0.05) is 0 Å². The summed E-state index contributed by atoms with van der Waals surface area (Å²) in [5, 5.41) is 9.95. The number of aliphatic hydroxyl groups is 1. The molecule has 0 bridgehead atoms. The van der Waals surface area contributed by atoms with Crippen LogP contribution < -0.4 is 0 Å². The molecule has 1 N–H and O–H groups in total. The number of rotatable bonds is 1. The number of aliphatic hydroxyl groups excluding tert-OH is 1. The molecule has 3 rings (SSSR count). The van der Waals surface area contributed by atoms with Crippen LogP contribution in [-0.2, 0) is 6.42 Å². The summed E-state index contributed by atoms with van der Waals surface area (Å²) in [6.45, 7) is 0. The summed E-state index contributed by atoms with van der Waals surface area (Å²) < 4.78 is 3.11. The van der Waals surface area contributed by atoms with Crippen LogP contribution in [-0.4, -0.2) is 14.7 Å². The lowest BCUT2D eigenvalue weighted by Crippen LogP contribution is -2.11. The number of hydrogen-bond acceptors (Lipinski definition) is 2. The van der Waals surface area contributed by atoms with E-state index < -0.39 is 0 Å². The van der Waals surface area contributed by atoms with E-state index in [0.29, 0.717) is 0 Å². The number of nitrogens with zero attached hydrogens (tertiary/aromatic N) is 2. The van der Waals surface area contributed by atoms with Gasteiger partial charge in [-0.15, -0.1) is 0 Å². The molecule has 17 heavy (non-hydrogen) atoms. The molecule has 2 aromatic heterocycles. The zero-order valence-corrected chi connectivity index (χ0v) is 10.9. The summed E-state index contributed by atoms with van der Waals surface area (Å²) in [7, 11) is 0. The Kier molecular flexibility index (Phi) is 2.76. The lowest BCUT2D eigenvalue weighted by molar-refractivity contribution is 0.156. The van der Waals surface area contributed by atoms with Crippen LogP contribution in [0.5, 0.6) is 0 Å². The monoisotopic (exact) mass is 292 g/mol. The molecule has 1 aliphatic rings. The molecule has 2 heterocycles. The van der Waals surface area contributed by atoms with E-state index in [0.717, 1.165) is 35.0 Å². The molecule has 0 aliphatic heterocycles. The van der Waals surface area contributed by atoms with Crippen molar-refractivity contribution >= 4 is 15.9 Å². The van der Waals surface area contributed by atoms with Crippen LogP contribution in [0.25, 0.3) is 5.69 Å². The third-order valence-corrected chi connectivity index (χ3v) is 3.90. The highest BCUT2D eigenvalue weighted by atomic mass is 79.9. The molecule has 88 valence electrons. The van der Waals surface area contributed by atoms with Gasteiger partial charge in [0.1, 0.15) is 0 Å². The normalized spacial score (nSPS) is 19.1. The van der Waals surface area contributed by atoms with Gasteiger partial charge in [-0.2, -0.15) is 0 Å². The van der Waals surface area contributed by atoms with Crippen molar-refractivity contribution < 1.29 is 5.11 Å². The van der Waals surface area contributed by atoms with Gasteiger partial charge in [0.2, 0.25) is 0 Å². The van der Waals surface area contributed by atoms with Crippen molar-refractivity contribution in [2.75, 3.05) is 0 Å². The maximum Gasteiger partial charge on any atom is 0.0807 e. The van der Waals surface area contributed by atoms with Crippen LogP contribution in [0.4, 0.5) is 0 Å². The Morgan fingerprint density at radius 3 is 3.12 bits per heavy atom. The second-order valence-electron chi connectivity index (χ2n) is 4.32. The summed E-state index contributed by atoms with van der Waals surface area (Å²) in [6.07, 6.45) is 8.23. The van der Waals surface area contributed by atoms with Gasteiger partial charge < -0.3 is 9.67 Å². The van der Waals surface area contributed by atoms with Gasteiger partial charge in [0.05, 0.1) is 16.3 Å². The summed E-state index contributed by atoms with van der Waals surface area (Å²) in [6, 6.07) is 4.00. The minimum atomic E-state index is -0.305. The molecule has 0 radical (unpaired) electrons. The van der Waals surface area contributed by atoms with Crippen LogP contribution in [0.15, 0.2) is 35.2 Å². The average molecular weight is 293 g/mol. The van der Waals surface area contributed by atoms with Crippen molar-refractivity contribution in [2.24, 2.45) is 0 Å². The van der Waals surface area contributed by atoms with Gasteiger partial charge in [-0.05, 0) is 47.3 Å². The lowest BCUT2D eigenvalue weighted by atomic mass is 9.95. The average Bonchev–Trinajstić information content (AvgIpc) is 2.75. The minimum absolute atomic E-state index is 0.305. The lowest BCUT2D eigenvalue weighted by Gasteiger charge is -2.20. The topological polar surface area (TPSA) is 38.0 Å². The van der Waals surface area contributed by atoms with E-state index in [9.17, 15) is 5.11 Å². The highest BCUT2D eigenvalue weighted by Crippen LogP contribution is 2.33. The van der Waals surface area contributed by atoms with Crippen molar-refractivity contribution in [3.8, 4) is 5.69 Å². The maximum atomic E-state index is 9.95. The van der Waals surface area contributed by atoms with Crippen molar-refractivity contribution in [1.29, 1.82) is 0 Å². The van der Waals surface area contributed by atoms with Crippen LogP contribution in [0.1, 0.15) is 30.2 Å². The Morgan fingerprint density at radius 2 is 2.29 bits per heavy atom. The summed E-state index contributed by atoms with van der Waals surface area (Å²) in [4.78, 5) is 4.07. The first kappa shape index (κ1) is 11.0. The van der Waals surface area contributed by atoms with Crippen molar-refractivity contribution in [3.63, 3.8) is 0 Å². The Labute approximate surface area is 108 Å². The minimum Gasteiger partial charge on any atom is -0.388 e. The maximum absolute atomic E-state index is 9.95. The molecule has 0 saturated heterocycles. The zero-order chi connectivity index (χ0) is 11.8. The molecule has 4 heteroatoms. The first-order valence-corrected chi connectivity index (χ1v) is 6.55. The molecule has 1 aliphatic carbocycles. The summed E-state index contributed by atoms with van der Waals surface area (Å²) in [5.74, 6) is 0. The van der Waals surface area contributed by atoms with E-state index in [1.54, 1.807) is 12.4 Å². The molecule has 0 fully saturated rings. The van der Waals surface area contributed by atoms with E-state index in [1.165, 1.54) is 5.69 Å². The molecule has 1 atom stereocenters. The number of hydrogen-bond donors (Lipinski definition) is 1. The Bertz CT molecular complexity index is 550. The molecule has 0 aromatic carbocycles. The quantitative estimate of drug-likeness (QED) is 0.877. The van der Waals surface area contributed by atoms with Crippen LogP contribution in [0.3, 0.4) is 0 Å². The number of pyridine rings is 1. The van der Waals surface area contributed by atoms with Gasteiger partial charge >= 0.3 is 0 Å². The fourth-order valence-electron chi connectivity index (χ4n) is 2.46. The molecule has 0 spiro atoms. The standard InChI is InChI=1S/C13H13BrN2O/c14-10-8-15-6-4-12(10)16-7-5-9-11(16)2-1-3-13(9)17/h4-8,13,17H,1-3H2. The van der Waals surface area contributed by atoms with Crippen molar-refractivity contribution in [1.82, 2.24) is 9.55 Å². The van der Waals surface area contributed by atoms with E-state index in [2.05, 4.69) is 25.5 Å². The smallest absolute Gasteiger partial charge is 0.0807 e. The molecule has 0 saturated carbocycles. The predicted molar refractivity (Wildman–Crippen MR) is 69.2 cm³/mol. The highest BCUT2D eigenvalue weighted by molar-refractivity contribution is 9.10. The molecule has 0 amide bonds. The Balaban J connectivity index is 2.14. The largest absolute Gasteiger partial charge is 0.388 e.